The summed E-state index contributed by atoms with van der Waals surface area (Å²) >= 11 is 1.48. The maximum absolute atomic E-state index is 12.0. The summed E-state index contributed by atoms with van der Waals surface area (Å²) in [5.41, 5.74) is 2.54. The SMILES string of the molecule is O=C(NCc1ccccc1CN1CCCC1)c1cccs1. The van der Waals surface area contributed by atoms with Crippen molar-refractivity contribution in [2.24, 2.45) is 0 Å². The Labute approximate surface area is 129 Å². The van der Waals surface area contributed by atoms with Gasteiger partial charge in [0.15, 0.2) is 0 Å². The van der Waals surface area contributed by atoms with Crippen LogP contribution < -0.4 is 5.32 Å². The Balaban J connectivity index is 1.63. The van der Waals surface area contributed by atoms with Gasteiger partial charge in [-0.2, -0.15) is 0 Å². The number of likely N-dealkylation sites (tertiary alicyclic amines) is 1. The number of nitrogens with zero attached hydrogens (tertiary/aromatic N) is 1. The monoisotopic (exact) mass is 300 g/mol. The molecule has 110 valence electrons. The molecule has 1 amide bonds. The zero-order valence-corrected chi connectivity index (χ0v) is 12.9. The highest BCUT2D eigenvalue weighted by molar-refractivity contribution is 7.12. The largest absolute Gasteiger partial charge is 0.347 e. The maximum Gasteiger partial charge on any atom is 0.261 e. The molecule has 0 atom stereocenters. The standard InChI is InChI=1S/C17H20N2OS/c20-17(16-8-5-11-21-16)18-12-14-6-1-2-7-15(14)13-19-9-3-4-10-19/h1-2,5-8,11H,3-4,9-10,12-13H2,(H,18,20). The molecule has 0 bridgehead atoms. The maximum atomic E-state index is 12.0. The Hall–Kier alpha value is -1.65. The normalized spacial score (nSPS) is 15.2. The summed E-state index contributed by atoms with van der Waals surface area (Å²) in [6.07, 6.45) is 2.61. The highest BCUT2D eigenvalue weighted by Gasteiger charge is 2.14. The molecular weight excluding hydrogens is 280 g/mol. The first-order valence-electron chi connectivity index (χ1n) is 7.44. The summed E-state index contributed by atoms with van der Waals surface area (Å²) in [4.78, 5) is 15.3. The fraction of sp³-hybridized carbons (Fsp3) is 0.353. The van der Waals surface area contributed by atoms with Gasteiger partial charge in [-0.1, -0.05) is 30.3 Å². The topological polar surface area (TPSA) is 32.3 Å². The van der Waals surface area contributed by atoms with Gasteiger partial charge in [0.25, 0.3) is 5.91 Å². The fourth-order valence-electron chi connectivity index (χ4n) is 2.74. The minimum atomic E-state index is 0.0148. The molecule has 0 saturated carbocycles. The van der Waals surface area contributed by atoms with Crippen LogP contribution in [0.3, 0.4) is 0 Å². The Kier molecular flexibility index (Phi) is 4.68. The first kappa shape index (κ1) is 14.3. The van der Waals surface area contributed by atoms with Gasteiger partial charge in [-0.25, -0.2) is 0 Å². The average molecular weight is 300 g/mol. The van der Waals surface area contributed by atoms with E-state index in [9.17, 15) is 4.79 Å². The number of carbonyl (C=O) groups is 1. The summed E-state index contributed by atoms with van der Waals surface area (Å²) in [7, 11) is 0. The number of rotatable bonds is 5. The van der Waals surface area contributed by atoms with E-state index >= 15 is 0 Å². The highest BCUT2D eigenvalue weighted by atomic mass is 32.1. The second-order valence-electron chi connectivity index (χ2n) is 5.41. The molecule has 3 rings (SSSR count). The molecule has 0 spiro atoms. The molecule has 1 aliphatic heterocycles. The van der Waals surface area contributed by atoms with Crippen LogP contribution in [0.1, 0.15) is 33.6 Å². The van der Waals surface area contributed by atoms with E-state index in [4.69, 9.17) is 0 Å². The third-order valence-corrected chi connectivity index (χ3v) is 4.76. The van der Waals surface area contributed by atoms with E-state index in [0.717, 1.165) is 11.4 Å². The lowest BCUT2D eigenvalue weighted by molar-refractivity contribution is 0.0955. The van der Waals surface area contributed by atoms with Crippen LogP contribution in [-0.4, -0.2) is 23.9 Å². The van der Waals surface area contributed by atoms with E-state index < -0.39 is 0 Å². The Morgan fingerprint density at radius 3 is 2.57 bits per heavy atom. The lowest BCUT2D eigenvalue weighted by atomic mass is 10.1. The number of benzene rings is 1. The number of hydrogen-bond acceptors (Lipinski definition) is 3. The lowest BCUT2D eigenvalue weighted by Gasteiger charge is -2.17. The van der Waals surface area contributed by atoms with Crippen molar-refractivity contribution in [1.82, 2.24) is 10.2 Å². The smallest absolute Gasteiger partial charge is 0.261 e. The fourth-order valence-corrected chi connectivity index (χ4v) is 3.38. The summed E-state index contributed by atoms with van der Waals surface area (Å²) in [5.74, 6) is 0.0148. The first-order valence-corrected chi connectivity index (χ1v) is 8.32. The Morgan fingerprint density at radius 2 is 1.86 bits per heavy atom. The zero-order chi connectivity index (χ0) is 14.5. The average Bonchev–Trinajstić information content (AvgIpc) is 3.19. The molecule has 2 aromatic rings. The molecule has 1 N–H and O–H groups in total. The second-order valence-corrected chi connectivity index (χ2v) is 6.36. The molecule has 21 heavy (non-hydrogen) atoms. The number of carbonyl (C=O) groups excluding carboxylic acids is 1. The predicted octanol–water partition coefficient (Wildman–Crippen LogP) is 3.27. The molecule has 1 aromatic carbocycles. The summed E-state index contributed by atoms with van der Waals surface area (Å²) < 4.78 is 0. The minimum absolute atomic E-state index is 0.0148. The van der Waals surface area contributed by atoms with Crippen molar-refractivity contribution in [3.8, 4) is 0 Å². The quantitative estimate of drug-likeness (QED) is 0.919. The highest BCUT2D eigenvalue weighted by Crippen LogP contribution is 2.16. The van der Waals surface area contributed by atoms with Crippen molar-refractivity contribution in [3.05, 3.63) is 57.8 Å². The van der Waals surface area contributed by atoms with Crippen LogP contribution in [0.2, 0.25) is 0 Å². The van der Waals surface area contributed by atoms with Gasteiger partial charge in [-0.05, 0) is 48.5 Å². The summed E-state index contributed by atoms with van der Waals surface area (Å²) in [5, 5.41) is 4.95. The molecule has 0 unspecified atom stereocenters. The van der Waals surface area contributed by atoms with E-state index in [2.05, 4.69) is 28.4 Å². The van der Waals surface area contributed by atoms with Crippen LogP contribution in [0.25, 0.3) is 0 Å². The molecular formula is C17H20N2OS. The third kappa shape index (κ3) is 3.71. The van der Waals surface area contributed by atoms with Crippen molar-refractivity contribution < 1.29 is 4.79 Å². The summed E-state index contributed by atoms with van der Waals surface area (Å²) in [6, 6.07) is 12.2. The molecule has 0 radical (unpaired) electrons. The van der Waals surface area contributed by atoms with Gasteiger partial charge in [0.2, 0.25) is 0 Å². The zero-order valence-electron chi connectivity index (χ0n) is 12.0. The van der Waals surface area contributed by atoms with E-state index in [-0.39, 0.29) is 5.91 Å². The summed E-state index contributed by atoms with van der Waals surface area (Å²) in [6.45, 7) is 3.97. The lowest BCUT2D eigenvalue weighted by Crippen LogP contribution is -2.24. The molecule has 2 heterocycles. The van der Waals surface area contributed by atoms with E-state index in [1.807, 2.05) is 23.6 Å². The van der Waals surface area contributed by atoms with Crippen molar-refractivity contribution in [3.63, 3.8) is 0 Å². The Morgan fingerprint density at radius 1 is 1.10 bits per heavy atom. The molecule has 1 aromatic heterocycles. The molecule has 1 fully saturated rings. The van der Waals surface area contributed by atoms with E-state index in [1.54, 1.807) is 0 Å². The van der Waals surface area contributed by atoms with E-state index in [0.29, 0.717) is 6.54 Å². The molecule has 1 aliphatic rings. The second kappa shape index (κ2) is 6.87. The van der Waals surface area contributed by atoms with Crippen LogP contribution in [0, 0.1) is 0 Å². The van der Waals surface area contributed by atoms with Crippen LogP contribution in [0.15, 0.2) is 41.8 Å². The first-order chi connectivity index (χ1) is 10.3. The van der Waals surface area contributed by atoms with Crippen molar-refractivity contribution in [2.45, 2.75) is 25.9 Å². The molecule has 1 saturated heterocycles. The van der Waals surface area contributed by atoms with Crippen LogP contribution >= 0.6 is 11.3 Å². The predicted molar refractivity (Wildman–Crippen MR) is 86.4 cm³/mol. The third-order valence-electron chi connectivity index (χ3n) is 3.90. The van der Waals surface area contributed by atoms with Crippen molar-refractivity contribution in [2.75, 3.05) is 13.1 Å². The van der Waals surface area contributed by atoms with Crippen LogP contribution in [-0.2, 0) is 13.1 Å². The van der Waals surface area contributed by atoms with Gasteiger partial charge < -0.3 is 5.32 Å². The van der Waals surface area contributed by atoms with Crippen LogP contribution in [0.4, 0.5) is 0 Å². The van der Waals surface area contributed by atoms with Crippen molar-refractivity contribution >= 4 is 17.2 Å². The van der Waals surface area contributed by atoms with Gasteiger partial charge in [0.05, 0.1) is 4.88 Å². The van der Waals surface area contributed by atoms with Gasteiger partial charge in [-0.15, -0.1) is 11.3 Å². The molecule has 0 aliphatic carbocycles. The molecule has 4 heteroatoms. The van der Waals surface area contributed by atoms with Gasteiger partial charge in [-0.3, -0.25) is 9.69 Å². The van der Waals surface area contributed by atoms with Gasteiger partial charge in [0, 0.05) is 13.1 Å². The number of hydrogen-bond donors (Lipinski definition) is 1. The Bertz CT molecular complexity index is 589. The minimum Gasteiger partial charge on any atom is -0.347 e. The number of nitrogens with one attached hydrogen (secondary N) is 1. The van der Waals surface area contributed by atoms with Crippen molar-refractivity contribution in [1.29, 1.82) is 0 Å². The number of amides is 1. The number of thiophene rings is 1. The van der Waals surface area contributed by atoms with E-state index in [1.165, 1.54) is 48.4 Å². The van der Waals surface area contributed by atoms with Crippen LogP contribution in [0.5, 0.6) is 0 Å². The van der Waals surface area contributed by atoms with Gasteiger partial charge >= 0.3 is 0 Å². The molecule has 3 nitrogen and oxygen atoms in total. The van der Waals surface area contributed by atoms with Gasteiger partial charge in [0.1, 0.15) is 0 Å².